The fourth-order valence-electron chi connectivity index (χ4n) is 10.6. The number of hydrogen-bond donors (Lipinski definition) is 5. The van der Waals surface area contributed by atoms with Gasteiger partial charge in [-0.25, -0.2) is 19.6 Å². The van der Waals surface area contributed by atoms with Crippen LogP contribution < -0.4 is 16.0 Å². The number of allylic oxidation sites excluding steroid dienone is 9. The van der Waals surface area contributed by atoms with E-state index in [4.69, 9.17) is 24.2 Å². The van der Waals surface area contributed by atoms with Crippen molar-refractivity contribution >= 4 is 35.4 Å². The normalized spacial score (nSPS) is 29.0. The van der Waals surface area contributed by atoms with E-state index in [2.05, 4.69) is 63.5 Å². The van der Waals surface area contributed by atoms with Crippen LogP contribution in [0.15, 0.2) is 118 Å². The molecule has 4 amide bonds. The van der Waals surface area contributed by atoms with Crippen LogP contribution in [0.5, 0.6) is 0 Å². The quantitative estimate of drug-likeness (QED) is 0.194. The Labute approximate surface area is 370 Å². The minimum absolute atomic E-state index is 0.0325. The van der Waals surface area contributed by atoms with Crippen molar-refractivity contribution in [3.63, 3.8) is 0 Å². The Morgan fingerprint density at radius 3 is 2.59 bits per heavy atom. The van der Waals surface area contributed by atoms with E-state index in [1.165, 1.54) is 7.11 Å². The number of H-pyrrole nitrogens is 1. The van der Waals surface area contributed by atoms with Crippen molar-refractivity contribution in [2.45, 2.75) is 69.4 Å². The molecule has 5 N–H and O–H groups in total. The first-order valence-corrected chi connectivity index (χ1v) is 22.0. The molecule has 16 heteroatoms. The third kappa shape index (κ3) is 7.42. The zero-order valence-corrected chi connectivity index (χ0v) is 36.1. The molecule has 2 saturated heterocycles. The first kappa shape index (κ1) is 41.3. The van der Waals surface area contributed by atoms with Crippen LogP contribution in [-0.2, 0) is 23.8 Å². The number of methoxy groups -OCH3 is 2. The average Bonchev–Trinajstić information content (AvgIpc) is 3.76. The van der Waals surface area contributed by atoms with Gasteiger partial charge in [-0.2, -0.15) is 0 Å². The van der Waals surface area contributed by atoms with E-state index >= 15 is 0 Å². The standard InChI is InChI=1S/C48H52N8O8/c1-24(2)40(54-48(61)63-4)46(58)56-36-17-29(36)18-38(56)44-50-34-13-11-27-16-33-31-12-10-28(15-30(31)23-64-39(33)19-32(27)42(34)52-44)35-20-49-43(51-35)37-14-25(22-62-3)21-55(37)45(57)41(53-47(59)60)26-8-6-5-7-9-26/h5-13,15-16,19-20,23-25,29,31-32,36-38,40-42,53H,14,17-18,21-22H2,1-4H3,(H,49,51)(H,50,52)(H,54,61)(H,59,60)/t25-,29+,31?,32?,36+,37-,38-,40-,41+,42?/m0/s1. The minimum Gasteiger partial charge on any atom is -0.465 e. The summed E-state index contributed by atoms with van der Waals surface area (Å²) in [6, 6.07) is 6.50. The summed E-state index contributed by atoms with van der Waals surface area (Å²) in [5.41, 5.74) is 6.36. The third-order valence-electron chi connectivity index (χ3n) is 13.8. The van der Waals surface area contributed by atoms with Crippen LogP contribution in [-0.4, -0.2) is 106 Å². The average molecular weight is 869 g/mol. The molecule has 0 bridgehead atoms. The molecule has 2 aromatic rings. The van der Waals surface area contributed by atoms with Crippen molar-refractivity contribution in [2.24, 2.45) is 34.6 Å². The summed E-state index contributed by atoms with van der Waals surface area (Å²) in [6.45, 7) is 4.69. The maximum atomic E-state index is 14.1. The van der Waals surface area contributed by atoms with Gasteiger partial charge in [-0.1, -0.05) is 68.5 Å². The van der Waals surface area contributed by atoms with Crippen molar-refractivity contribution in [3.05, 3.63) is 131 Å². The van der Waals surface area contributed by atoms with E-state index < -0.39 is 30.3 Å². The van der Waals surface area contributed by atoms with Crippen LogP contribution >= 0.6 is 0 Å². The summed E-state index contributed by atoms with van der Waals surface area (Å²) in [6.07, 6.45) is 19.0. The van der Waals surface area contributed by atoms with Crippen LogP contribution in [0.25, 0.3) is 5.57 Å². The van der Waals surface area contributed by atoms with Crippen molar-refractivity contribution in [2.75, 3.05) is 27.4 Å². The third-order valence-corrected chi connectivity index (χ3v) is 13.8. The number of ether oxygens (including phenoxy) is 3. The highest BCUT2D eigenvalue weighted by Crippen LogP contribution is 2.50. The number of aromatic nitrogens is 2. The lowest BCUT2D eigenvalue weighted by Gasteiger charge is -2.36. The maximum Gasteiger partial charge on any atom is 0.407 e. The van der Waals surface area contributed by atoms with E-state index in [0.717, 1.165) is 58.1 Å². The summed E-state index contributed by atoms with van der Waals surface area (Å²) in [7, 11) is 2.94. The van der Waals surface area contributed by atoms with Crippen molar-refractivity contribution < 1.29 is 38.5 Å². The van der Waals surface area contributed by atoms with Gasteiger partial charge in [-0.05, 0) is 71.6 Å². The second-order valence-electron chi connectivity index (χ2n) is 18.2. The molecular weight excluding hydrogens is 817 g/mol. The zero-order chi connectivity index (χ0) is 44.4. The molecule has 0 radical (unpaired) electrons. The van der Waals surface area contributed by atoms with Gasteiger partial charge in [0, 0.05) is 43.0 Å². The molecule has 10 atom stereocenters. The van der Waals surface area contributed by atoms with Crippen molar-refractivity contribution in [1.82, 2.24) is 35.7 Å². The predicted molar refractivity (Wildman–Crippen MR) is 235 cm³/mol. The number of carbonyl (C=O) groups is 4. The minimum atomic E-state index is -1.28. The molecule has 1 saturated carbocycles. The van der Waals surface area contributed by atoms with E-state index in [-0.39, 0.29) is 53.6 Å². The number of aliphatic imine (C=N–C) groups is 1. The first-order chi connectivity index (χ1) is 31.0. The number of aromatic amines is 1. The Balaban J connectivity index is 0.845. The van der Waals surface area contributed by atoms with Crippen LogP contribution in [0.2, 0.25) is 0 Å². The van der Waals surface area contributed by atoms with Gasteiger partial charge in [0.05, 0.1) is 55.7 Å². The molecule has 64 heavy (non-hydrogen) atoms. The van der Waals surface area contributed by atoms with E-state index in [1.54, 1.807) is 48.7 Å². The first-order valence-electron chi connectivity index (χ1n) is 22.0. The smallest absolute Gasteiger partial charge is 0.407 e. The molecule has 4 aliphatic carbocycles. The Bertz CT molecular complexity index is 2530. The number of alkyl carbamates (subject to hydrolysis) is 1. The van der Waals surface area contributed by atoms with Gasteiger partial charge in [0.15, 0.2) is 0 Å². The lowest BCUT2D eigenvalue weighted by atomic mass is 9.75. The molecule has 16 nitrogen and oxygen atoms in total. The summed E-state index contributed by atoms with van der Waals surface area (Å²) >= 11 is 0. The van der Waals surface area contributed by atoms with Gasteiger partial charge in [0.25, 0.3) is 5.91 Å². The van der Waals surface area contributed by atoms with Crippen LogP contribution in [0.1, 0.15) is 62.3 Å². The lowest BCUT2D eigenvalue weighted by Crippen LogP contribution is -2.56. The number of amides is 4. The molecule has 1 aromatic heterocycles. The van der Waals surface area contributed by atoms with E-state index in [9.17, 15) is 24.3 Å². The fraction of sp³-hybridized carbons (Fsp3) is 0.417. The highest BCUT2D eigenvalue weighted by atomic mass is 16.5. The van der Waals surface area contributed by atoms with Crippen LogP contribution in [0, 0.1) is 29.6 Å². The number of imidazole rings is 1. The number of rotatable bonds is 11. The predicted octanol–water partition coefficient (Wildman–Crippen LogP) is 5.44. The van der Waals surface area contributed by atoms with Gasteiger partial charge in [0.2, 0.25) is 5.91 Å². The SMILES string of the molecule is COC[C@H]1C[C@@H](c2ncc(C3=CC4=COC5=CC6C(=CC=C7N=C([C@@H]8C[C@H]9C[C@H]9N8C(=O)[C@@H](NC(=O)OC)C(C)C)NC76)C=C5C4C=C3)[nH]2)N(C(=O)[C@H](NC(=O)O)c2ccccc2)C1. The molecule has 3 unspecified atom stereocenters. The number of piperidine rings is 1. The summed E-state index contributed by atoms with van der Waals surface area (Å²) in [4.78, 5) is 69.2. The maximum absolute atomic E-state index is 14.1. The molecule has 4 aliphatic heterocycles. The number of nitrogens with one attached hydrogen (secondary N) is 4. The summed E-state index contributed by atoms with van der Waals surface area (Å²) < 4.78 is 16.7. The molecule has 8 aliphatic rings. The van der Waals surface area contributed by atoms with Crippen LogP contribution in [0.4, 0.5) is 9.59 Å². The number of hydrogen-bond acceptors (Lipinski definition) is 10. The molecule has 0 spiro atoms. The molecule has 3 fully saturated rings. The Morgan fingerprint density at radius 2 is 1.83 bits per heavy atom. The van der Waals surface area contributed by atoms with Gasteiger partial charge in [0.1, 0.15) is 29.5 Å². The number of carboxylic acid groups (broad SMARTS) is 1. The second-order valence-corrected chi connectivity index (χ2v) is 18.2. The molecule has 332 valence electrons. The number of likely N-dealkylation sites (tertiary alicyclic amines) is 2. The van der Waals surface area contributed by atoms with Gasteiger partial charge in [-0.3, -0.25) is 9.59 Å². The fourth-order valence-corrected chi connectivity index (χ4v) is 10.6. The Morgan fingerprint density at radius 1 is 1.00 bits per heavy atom. The second kappa shape index (κ2) is 16.5. The highest BCUT2D eigenvalue weighted by molar-refractivity contribution is 5.97. The Hall–Kier alpha value is -6.68. The molecule has 10 rings (SSSR count). The van der Waals surface area contributed by atoms with Crippen molar-refractivity contribution in [3.8, 4) is 0 Å². The number of fused-ring (bicyclic) bond motifs is 7. The van der Waals surface area contributed by atoms with Gasteiger partial charge in [-0.15, -0.1) is 0 Å². The monoisotopic (exact) mass is 868 g/mol. The number of benzene rings is 1. The highest BCUT2D eigenvalue weighted by Gasteiger charge is 2.57. The van der Waals surface area contributed by atoms with Crippen LogP contribution in [0.3, 0.4) is 0 Å². The van der Waals surface area contributed by atoms with E-state index in [0.29, 0.717) is 36.9 Å². The number of nitrogens with zero attached hydrogens (tertiary/aromatic N) is 4. The zero-order valence-electron chi connectivity index (χ0n) is 36.1. The van der Waals surface area contributed by atoms with Crippen molar-refractivity contribution in [1.29, 1.82) is 0 Å². The van der Waals surface area contributed by atoms with Gasteiger partial charge < -0.3 is 50.1 Å². The summed E-state index contributed by atoms with van der Waals surface area (Å²) in [5, 5.41) is 18.6. The number of carbonyl (C=O) groups excluding carboxylic acids is 3. The number of amidine groups is 1. The largest absolute Gasteiger partial charge is 0.465 e. The lowest BCUT2D eigenvalue weighted by molar-refractivity contribution is -0.135. The summed E-state index contributed by atoms with van der Waals surface area (Å²) in [5.74, 6) is 2.03. The molecule has 5 heterocycles. The molecule has 1 aromatic carbocycles. The topological polar surface area (TPSA) is 200 Å². The Kier molecular flexibility index (Phi) is 10.6. The molecular formula is C48H52N8O8. The van der Waals surface area contributed by atoms with Gasteiger partial charge >= 0.3 is 12.2 Å². The van der Waals surface area contributed by atoms with E-state index in [1.807, 2.05) is 24.8 Å².